The van der Waals surface area contributed by atoms with Crippen LogP contribution in [0.5, 0.6) is 6.01 Å². The van der Waals surface area contributed by atoms with Gasteiger partial charge in [-0.3, -0.25) is 19.6 Å². The zero-order chi connectivity index (χ0) is 35.7. The average molecular weight is 734 g/mol. The first-order valence-electron chi connectivity index (χ1n) is 17.1. The molecule has 51 heavy (non-hydrogen) atoms. The first-order valence-corrected chi connectivity index (χ1v) is 17.5. The second kappa shape index (κ2) is 12.8. The average Bonchev–Trinajstić information content (AvgIpc) is 3.60. The monoisotopic (exact) mass is 733 g/mol. The lowest BCUT2D eigenvalue weighted by Crippen LogP contribution is -2.72. The maximum absolute atomic E-state index is 16.6. The Morgan fingerprint density at radius 1 is 1.18 bits per heavy atom. The minimum atomic E-state index is -4.89. The Kier molecular flexibility index (Phi) is 8.63. The highest BCUT2D eigenvalue weighted by atomic mass is 35.5. The number of pyridine rings is 1. The Morgan fingerprint density at radius 2 is 2.00 bits per heavy atom. The molecular weight excluding hydrogens is 697 g/mol. The van der Waals surface area contributed by atoms with Gasteiger partial charge in [0.25, 0.3) is 0 Å². The van der Waals surface area contributed by atoms with Crippen molar-refractivity contribution in [1.29, 1.82) is 0 Å². The number of likely N-dealkylation sites (tertiary alicyclic amines) is 1. The Bertz CT molecular complexity index is 1890. The number of fused-ring (bicyclic) bond motifs is 2. The molecular formula is C35H37ClF5N7O3. The molecule has 0 saturated carbocycles. The Balaban J connectivity index is 1.17. The SMILES string of the molecule is CN1CC[C@@H]1/C=C/C(=O)N1CCN(c2nc(OC[C@@]34CCCN3C[C@H](F)C4)nc3c(F)c(-c4cccc(Cl)c4C(F)(F)F)ncc23)CC12COC2. The number of likely N-dealkylation sites (N-methyl/N-ethyl adjacent to an activating group) is 1. The topological polar surface area (TPSA) is 87.2 Å². The van der Waals surface area contributed by atoms with E-state index in [9.17, 15) is 22.4 Å². The molecule has 1 spiro atoms. The van der Waals surface area contributed by atoms with Crippen LogP contribution in [0, 0.1) is 5.82 Å². The van der Waals surface area contributed by atoms with E-state index < -0.39 is 51.1 Å². The smallest absolute Gasteiger partial charge is 0.418 e. The van der Waals surface area contributed by atoms with Gasteiger partial charge in [0.1, 0.15) is 35.3 Å². The van der Waals surface area contributed by atoms with Crippen molar-refractivity contribution in [2.75, 3.05) is 71.0 Å². The Hall–Kier alpha value is -3.66. The van der Waals surface area contributed by atoms with E-state index in [2.05, 4.69) is 19.8 Å². The molecule has 5 saturated heterocycles. The first kappa shape index (κ1) is 34.4. The molecule has 10 nitrogen and oxygen atoms in total. The number of alkyl halides is 4. The van der Waals surface area contributed by atoms with E-state index in [0.29, 0.717) is 26.2 Å². The maximum Gasteiger partial charge on any atom is 0.418 e. The highest BCUT2D eigenvalue weighted by Gasteiger charge is 2.51. The number of anilines is 1. The molecule has 7 heterocycles. The van der Waals surface area contributed by atoms with E-state index >= 15 is 4.39 Å². The standard InChI is InChI=1S/C35H37ClF5N7O3/c1-45-11-8-22(45)6-7-26(49)48-13-12-46(17-34(48)18-50-19-34)31-24-15-42-29(23-4-2-5-25(36)27(23)35(39,40)41)28(38)30(24)43-32(44-31)51-20-33-9-3-10-47(33)16-21(37)14-33/h2,4-7,15,21-22H,3,8-14,16-20H2,1H3/b7-6+/t21-,22+,33+/m1/s1. The van der Waals surface area contributed by atoms with Crippen molar-refractivity contribution >= 4 is 34.2 Å². The number of benzene rings is 1. The number of hydrogen-bond acceptors (Lipinski definition) is 9. The van der Waals surface area contributed by atoms with Gasteiger partial charge in [-0.2, -0.15) is 23.1 Å². The van der Waals surface area contributed by atoms with Crippen molar-refractivity contribution < 1.29 is 36.2 Å². The van der Waals surface area contributed by atoms with Gasteiger partial charge in [0.15, 0.2) is 5.82 Å². The molecule has 0 aliphatic carbocycles. The summed E-state index contributed by atoms with van der Waals surface area (Å²) < 4.78 is 85.4. The number of carbonyl (C=O) groups is 1. The number of rotatable bonds is 7. The van der Waals surface area contributed by atoms with Crippen LogP contribution >= 0.6 is 11.6 Å². The van der Waals surface area contributed by atoms with Crippen LogP contribution in [0.15, 0.2) is 36.5 Å². The molecule has 5 aliphatic heterocycles. The molecule has 1 aromatic carbocycles. The summed E-state index contributed by atoms with van der Waals surface area (Å²) in [4.78, 5) is 34.7. The van der Waals surface area contributed by atoms with Gasteiger partial charge >= 0.3 is 12.2 Å². The van der Waals surface area contributed by atoms with Crippen molar-refractivity contribution in [1.82, 2.24) is 29.7 Å². The fraction of sp³-hybridized carbons (Fsp3) is 0.543. The summed E-state index contributed by atoms with van der Waals surface area (Å²) in [5, 5.41) is -0.431. The van der Waals surface area contributed by atoms with Crippen molar-refractivity contribution in [2.24, 2.45) is 0 Å². The molecule has 3 aromatic rings. The second-order valence-electron chi connectivity index (χ2n) is 14.4. The summed E-state index contributed by atoms with van der Waals surface area (Å²) in [6, 6.07) is 3.52. The normalized spacial score (nSPS) is 26.6. The Morgan fingerprint density at radius 3 is 2.71 bits per heavy atom. The van der Waals surface area contributed by atoms with Gasteiger partial charge in [-0.25, -0.2) is 8.78 Å². The summed E-state index contributed by atoms with van der Waals surface area (Å²) in [5.74, 6) is -0.964. The maximum atomic E-state index is 16.6. The summed E-state index contributed by atoms with van der Waals surface area (Å²) in [7, 11) is 2.01. The molecule has 3 atom stereocenters. The quantitative estimate of drug-likeness (QED) is 0.242. The van der Waals surface area contributed by atoms with E-state index in [1.54, 1.807) is 11.0 Å². The van der Waals surface area contributed by atoms with Crippen molar-refractivity contribution in [3.05, 3.63) is 53.0 Å². The van der Waals surface area contributed by atoms with Crippen molar-refractivity contribution in [3.63, 3.8) is 0 Å². The van der Waals surface area contributed by atoms with Crippen LogP contribution in [0.2, 0.25) is 5.02 Å². The largest absolute Gasteiger partial charge is 0.461 e. The first-order chi connectivity index (χ1) is 24.4. The fourth-order valence-corrected chi connectivity index (χ4v) is 8.60. The van der Waals surface area contributed by atoms with Crippen LogP contribution < -0.4 is 9.64 Å². The molecule has 16 heteroatoms. The molecule has 2 aromatic heterocycles. The predicted molar refractivity (Wildman–Crippen MR) is 179 cm³/mol. The van der Waals surface area contributed by atoms with Crippen LogP contribution in [0.3, 0.4) is 0 Å². The number of aromatic nitrogens is 3. The Labute approximate surface area is 296 Å². The highest BCUT2D eigenvalue weighted by Crippen LogP contribution is 2.44. The minimum absolute atomic E-state index is 0.0625. The molecule has 0 bridgehead atoms. The lowest BCUT2D eigenvalue weighted by molar-refractivity contribution is -0.164. The molecule has 5 fully saturated rings. The van der Waals surface area contributed by atoms with Crippen molar-refractivity contribution in [2.45, 2.75) is 55.2 Å². The molecule has 5 aliphatic rings. The summed E-state index contributed by atoms with van der Waals surface area (Å²) in [6.07, 6.45) is 1.78. The van der Waals surface area contributed by atoms with Gasteiger partial charge in [-0.15, -0.1) is 0 Å². The van der Waals surface area contributed by atoms with Crippen LogP contribution in [-0.2, 0) is 15.7 Å². The van der Waals surface area contributed by atoms with E-state index in [1.807, 2.05) is 18.0 Å². The molecule has 272 valence electrons. The minimum Gasteiger partial charge on any atom is -0.461 e. The zero-order valence-corrected chi connectivity index (χ0v) is 28.7. The van der Waals surface area contributed by atoms with Crippen LogP contribution in [0.4, 0.5) is 27.8 Å². The van der Waals surface area contributed by atoms with E-state index in [1.165, 1.54) is 12.3 Å². The van der Waals surface area contributed by atoms with Crippen LogP contribution in [0.25, 0.3) is 22.2 Å². The zero-order valence-electron chi connectivity index (χ0n) is 27.9. The molecule has 8 rings (SSSR count). The third-order valence-corrected chi connectivity index (χ3v) is 11.5. The number of nitrogens with zero attached hydrogens (tertiary/aromatic N) is 7. The highest BCUT2D eigenvalue weighted by molar-refractivity contribution is 6.31. The van der Waals surface area contributed by atoms with Gasteiger partial charge < -0.3 is 19.3 Å². The van der Waals surface area contributed by atoms with Crippen molar-refractivity contribution in [3.8, 4) is 17.3 Å². The number of amides is 1. The molecule has 0 unspecified atom stereocenters. The molecule has 1 amide bonds. The third kappa shape index (κ3) is 5.99. The fourth-order valence-electron chi connectivity index (χ4n) is 8.32. The summed E-state index contributed by atoms with van der Waals surface area (Å²) >= 11 is 5.98. The number of halogens is 6. The second-order valence-corrected chi connectivity index (χ2v) is 14.8. The van der Waals surface area contributed by atoms with Crippen LogP contribution in [0.1, 0.15) is 31.2 Å². The van der Waals surface area contributed by atoms with Gasteiger partial charge in [0, 0.05) is 63.0 Å². The van der Waals surface area contributed by atoms with E-state index in [-0.39, 0.29) is 60.9 Å². The number of piperazine rings is 1. The number of ether oxygens (including phenoxy) is 2. The third-order valence-electron chi connectivity index (χ3n) is 11.2. The van der Waals surface area contributed by atoms with Gasteiger partial charge in [-0.1, -0.05) is 29.8 Å². The summed E-state index contributed by atoms with van der Waals surface area (Å²) in [5.41, 5.74) is -3.83. The van der Waals surface area contributed by atoms with E-state index in [4.69, 9.17) is 26.1 Å². The lowest BCUT2D eigenvalue weighted by atomic mass is 9.91. The molecule has 0 radical (unpaired) electrons. The summed E-state index contributed by atoms with van der Waals surface area (Å²) in [6.45, 7) is 3.57. The number of carbonyl (C=O) groups excluding carboxylic acids is 1. The van der Waals surface area contributed by atoms with Gasteiger partial charge in [0.2, 0.25) is 5.91 Å². The number of hydrogen-bond donors (Lipinski definition) is 0. The van der Waals surface area contributed by atoms with Gasteiger partial charge in [0.05, 0.1) is 34.7 Å². The van der Waals surface area contributed by atoms with E-state index in [0.717, 1.165) is 44.5 Å². The predicted octanol–water partition coefficient (Wildman–Crippen LogP) is 5.14. The molecule has 0 N–H and O–H groups in total. The lowest BCUT2D eigenvalue weighted by Gasteiger charge is -2.55. The van der Waals surface area contributed by atoms with Gasteiger partial charge in [-0.05, 0) is 38.9 Å². The van der Waals surface area contributed by atoms with Crippen LogP contribution in [-0.4, -0.2) is 125 Å².